The van der Waals surface area contributed by atoms with Gasteiger partial charge < -0.3 is 10.1 Å². The average Bonchev–Trinajstić information content (AvgIpc) is 2.77. The Hall–Kier alpha value is -2.50. The number of aromatic nitrogens is 2. The Morgan fingerprint density at radius 2 is 2.22 bits per heavy atom. The molecule has 6 heteroatoms. The summed E-state index contributed by atoms with van der Waals surface area (Å²) in [6.07, 6.45) is 1.42. The molecule has 0 atom stereocenters. The summed E-state index contributed by atoms with van der Waals surface area (Å²) >= 11 is 0. The van der Waals surface area contributed by atoms with E-state index in [4.69, 9.17) is 0 Å². The van der Waals surface area contributed by atoms with Crippen molar-refractivity contribution in [2.75, 3.05) is 0 Å². The highest BCUT2D eigenvalue weighted by atomic mass is 16.6. The van der Waals surface area contributed by atoms with Crippen molar-refractivity contribution in [1.82, 2.24) is 9.78 Å². The summed E-state index contributed by atoms with van der Waals surface area (Å²) in [7, 11) is 0. The van der Waals surface area contributed by atoms with Crippen molar-refractivity contribution in [3.63, 3.8) is 0 Å². The molecule has 0 radical (unpaired) electrons. The van der Waals surface area contributed by atoms with E-state index in [0.29, 0.717) is 5.56 Å². The number of ketones is 1. The van der Waals surface area contributed by atoms with Crippen LogP contribution in [0.4, 0.5) is 5.82 Å². The first-order valence-corrected chi connectivity index (χ1v) is 5.34. The molecule has 1 heterocycles. The minimum Gasteiger partial charge on any atom is -0.358 e. The Morgan fingerprint density at radius 1 is 1.44 bits per heavy atom. The van der Waals surface area contributed by atoms with E-state index in [1.807, 2.05) is 13.0 Å². The zero-order chi connectivity index (χ0) is 13.1. The third-order valence-electron chi connectivity index (χ3n) is 2.46. The number of benzene rings is 1. The largest absolute Gasteiger partial charge is 0.389 e. The van der Waals surface area contributed by atoms with Gasteiger partial charge in [0.2, 0.25) is 0 Å². The van der Waals surface area contributed by atoms with Gasteiger partial charge in [-0.3, -0.25) is 4.79 Å². The fourth-order valence-electron chi connectivity index (χ4n) is 1.59. The second kappa shape index (κ2) is 4.79. The molecule has 0 fully saturated rings. The van der Waals surface area contributed by atoms with Crippen molar-refractivity contribution < 1.29 is 9.72 Å². The van der Waals surface area contributed by atoms with E-state index in [-0.39, 0.29) is 18.1 Å². The van der Waals surface area contributed by atoms with Crippen LogP contribution in [-0.2, 0) is 6.54 Å². The van der Waals surface area contributed by atoms with Crippen molar-refractivity contribution in [2.24, 2.45) is 0 Å². The Kier molecular flexibility index (Phi) is 3.18. The third kappa shape index (κ3) is 2.60. The van der Waals surface area contributed by atoms with Crippen molar-refractivity contribution in [3.8, 4) is 0 Å². The van der Waals surface area contributed by atoms with Gasteiger partial charge in [0.15, 0.2) is 5.78 Å². The maximum atomic E-state index is 11.9. The highest BCUT2D eigenvalue weighted by Gasteiger charge is 2.14. The van der Waals surface area contributed by atoms with Crippen LogP contribution in [0.2, 0.25) is 0 Å². The number of rotatable bonds is 4. The summed E-state index contributed by atoms with van der Waals surface area (Å²) < 4.78 is 1.27. The molecule has 0 aliphatic rings. The molecule has 6 nitrogen and oxygen atoms in total. The summed E-state index contributed by atoms with van der Waals surface area (Å²) in [5, 5.41) is 14.2. The van der Waals surface area contributed by atoms with Gasteiger partial charge in [-0.05, 0) is 17.9 Å². The molecule has 0 unspecified atom stereocenters. The van der Waals surface area contributed by atoms with Crippen molar-refractivity contribution in [1.29, 1.82) is 0 Å². The molecule has 2 rings (SSSR count). The second-order valence-corrected chi connectivity index (χ2v) is 3.92. The van der Waals surface area contributed by atoms with Crippen LogP contribution in [0.3, 0.4) is 0 Å². The minimum atomic E-state index is -0.590. The van der Waals surface area contributed by atoms with Crippen LogP contribution < -0.4 is 0 Å². The van der Waals surface area contributed by atoms with Gasteiger partial charge >= 0.3 is 5.82 Å². The standard InChI is InChI=1S/C12H11N3O3/c1-9-3-2-4-10(7-9)11(16)8-14-6-5-12(13-14)15(17)18/h2-7H,8H2,1H3. The van der Waals surface area contributed by atoms with Gasteiger partial charge in [0.05, 0.1) is 17.4 Å². The zero-order valence-electron chi connectivity index (χ0n) is 9.74. The van der Waals surface area contributed by atoms with Gasteiger partial charge in [-0.2, -0.15) is 4.68 Å². The summed E-state index contributed by atoms with van der Waals surface area (Å²) in [5.41, 5.74) is 1.57. The molecule has 0 spiro atoms. The number of nitro groups is 1. The smallest absolute Gasteiger partial charge is 0.358 e. The molecule has 1 aromatic heterocycles. The van der Waals surface area contributed by atoms with Gasteiger partial charge in [0.1, 0.15) is 6.54 Å². The van der Waals surface area contributed by atoms with Crippen molar-refractivity contribution in [2.45, 2.75) is 13.5 Å². The van der Waals surface area contributed by atoms with Gasteiger partial charge in [-0.1, -0.05) is 23.8 Å². The lowest BCUT2D eigenvalue weighted by Gasteiger charge is -2.00. The highest BCUT2D eigenvalue weighted by molar-refractivity contribution is 5.95. The highest BCUT2D eigenvalue weighted by Crippen LogP contribution is 2.08. The molecule has 0 aliphatic heterocycles. The minimum absolute atomic E-state index is 0.00269. The van der Waals surface area contributed by atoms with Crippen LogP contribution in [0, 0.1) is 17.0 Å². The zero-order valence-corrected chi connectivity index (χ0v) is 9.74. The maximum Gasteiger partial charge on any atom is 0.389 e. The lowest BCUT2D eigenvalue weighted by molar-refractivity contribution is -0.389. The predicted octanol–water partition coefficient (Wildman–Crippen LogP) is 1.98. The summed E-state index contributed by atoms with van der Waals surface area (Å²) in [6, 6.07) is 8.46. The van der Waals surface area contributed by atoms with E-state index >= 15 is 0 Å². The summed E-state index contributed by atoms with van der Waals surface area (Å²) in [5.74, 6) is -0.385. The first-order chi connectivity index (χ1) is 8.56. The van der Waals surface area contributed by atoms with Crippen LogP contribution in [0.1, 0.15) is 15.9 Å². The van der Waals surface area contributed by atoms with E-state index in [1.54, 1.807) is 18.2 Å². The van der Waals surface area contributed by atoms with E-state index in [9.17, 15) is 14.9 Å². The van der Waals surface area contributed by atoms with Crippen LogP contribution in [-0.4, -0.2) is 20.5 Å². The molecule has 0 aliphatic carbocycles. The molecular formula is C12H11N3O3. The number of hydrogen-bond acceptors (Lipinski definition) is 4. The van der Waals surface area contributed by atoms with E-state index in [2.05, 4.69) is 5.10 Å². The van der Waals surface area contributed by atoms with Gasteiger partial charge in [0.25, 0.3) is 0 Å². The van der Waals surface area contributed by atoms with Crippen LogP contribution in [0.15, 0.2) is 36.5 Å². The van der Waals surface area contributed by atoms with Crippen LogP contribution in [0.25, 0.3) is 0 Å². The Balaban J connectivity index is 2.13. The number of aryl methyl sites for hydroxylation is 1. The molecule has 0 bridgehead atoms. The summed E-state index contributed by atoms with van der Waals surface area (Å²) in [4.78, 5) is 21.8. The first kappa shape index (κ1) is 12.0. The normalized spacial score (nSPS) is 10.3. The average molecular weight is 245 g/mol. The molecule has 18 heavy (non-hydrogen) atoms. The molecule has 92 valence electrons. The Labute approximate surface area is 103 Å². The van der Waals surface area contributed by atoms with Gasteiger partial charge in [-0.25, -0.2) is 0 Å². The van der Waals surface area contributed by atoms with E-state index in [0.717, 1.165) is 5.56 Å². The van der Waals surface area contributed by atoms with Gasteiger partial charge in [0, 0.05) is 5.56 Å². The second-order valence-electron chi connectivity index (χ2n) is 3.92. The van der Waals surface area contributed by atoms with Crippen LogP contribution in [0.5, 0.6) is 0 Å². The van der Waals surface area contributed by atoms with Crippen LogP contribution >= 0.6 is 0 Å². The molecule has 0 N–H and O–H groups in total. The number of carbonyl (C=O) groups is 1. The quantitative estimate of drug-likeness (QED) is 0.468. The van der Waals surface area contributed by atoms with Crippen molar-refractivity contribution >= 4 is 11.6 Å². The number of Topliss-reactive ketones (excluding diaryl/α,β-unsaturated/α-hetero) is 1. The molecule has 0 amide bonds. The SMILES string of the molecule is Cc1cccc(C(=O)Cn2ccc([N+](=O)[O-])n2)c1. The Bertz CT molecular complexity index is 604. The number of nitrogens with zero attached hydrogens (tertiary/aromatic N) is 3. The predicted molar refractivity (Wildman–Crippen MR) is 64.4 cm³/mol. The summed E-state index contributed by atoms with van der Waals surface area (Å²) in [6.45, 7) is 1.90. The lowest BCUT2D eigenvalue weighted by Crippen LogP contribution is -2.11. The maximum absolute atomic E-state index is 11.9. The molecular weight excluding hydrogens is 234 g/mol. The molecule has 0 saturated carbocycles. The molecule has 2 aromatic rings. The number of hydrogen-bond donors (Lipinski definition) is 0. The fraction of sp³-hybridized carbons (Fsp3) is 0.167. The third-order valence-corrected chi connectivity index (χ3v) is 2.46. The lowest BCUT2D eigenvalue weighted by atomic mass is 10.1. The monoisotopic (exact) mass is 245 g/mol. The number of carbonyl (C=O) groups excluding carboxylic acids is 1. The first-order valence-electron chi connectivity index (χ1n) is 5.34. The fourth-order valence-corrected chi connectivity index (χ4v) is 1.59. The van der Waals surface area contributed by atoms with E-state index < -0.39 is 4.92 Å². The molecule has 0 saturated heterocycles. The van der Waals surface area contributed by atoms with E-state index in [1.165, 1.54) is 16.9 Å². The van der Waals surface area contributed by atoms with Crippen molar-refractivity contribution in [3.05, 3.63) is 57.8 Å². The van der Waals surface area contributed by atoms with Gasteiger partial charge in [-0.15, -0.1) is 0 Å². The molecule has 1 aromatic carbocycles. The Morgan fingerprint density at radius 3 is 2.83 bits per heavy atom. The topological polar surface area (TPSA) is 78.0 Å².